The van der Waals surface area contributed by atoms with Crippen molar-refractivity contribution in [2.24, 2.45) is 0 Å². The molecule has 0 aliphatic rings. The van der Waals surface area contributed by atoms with Crippen LogP contribution in [0.4, 0.5) is 8.78 Å². The summed E-state index contributed by atoms with van der Waals surface area (Å²) in [6.07, 6.45) is 0.112. The van der Waals surface area contributed by atoms with Gasteiger partial charge < -0.3 is 9.84 Å². The lowest BCUT2D eigenvalue weighted by Gasteiger charge is -2.00. The maximum atomic E-state index is 13.5. The number of ether oxygens (including phenoxy) is 1. The van der Waals surface area contributed by atoms with Gasteiger partial charge in [-0.1, -0.05) is 6.07 Å². The van der Waals surface area contributed by atoms with Crippen molar-refractivity contribution in [1.29, 1.82) is 0 Å². The van der Waals surface area contributed by atoms with E-state index in [-0.39, 0.29) is 23.5 Å². The Balaban J connectivity index is 2.29. The number of carbonyl (C=O) groups is 1. The molecule has 0 bridgehead atoms. The van der Waals surface area contributed by atoms with Gasteiger partial charge in [-0.15, -0.1) is 11.3 Å². The molecule has 7 heteroatoms. The molecule has 0 saturated heterocycles. The van der Waals surface area contributed by atoms with Crippen molar-refractivity contribution in [3.8, 4) is 0 Å². The summed E-state index contributed by atoms with van der Waals surface area (Å²) in [7, 11) is 1.43. The molecular formula is C13H11F2NO3S. The Hall–Kier alpha value is -1.86. The van der Waals surface area contributed by atoms with Gasteiger partial charge in [-0.05, 0) is 11.6 Å². The van der Waals surface area contributed by atoms with Crippen molar-refractivity contribution in [1.82, 2.24) is 4.98 Å². The molecule has 106 valence electrons. The first-order valence-electron chi connectivity index (χ1n) is 5.66. The van der Waals surface area contributed by atoms with Crippen LogP contribution in [-0.2, 0) is 17.8 Å². The number of carboxylic acid groups (broad SMARTS) is 1. The third kappa shape index (κ3) is 3.17. The molecule has 2 aromatic rings. The first kappa shape index (κ1) is 14.5. The van der Waals surface area contributed by atoms with Crippen LogP contribution in [0.3, 0.4) is 0 Å². The highest BCUT2D eigenvalue weighted by Gasteiger charge is 2.18. The second kappa shape index (κ2) is 6.06. The number of methoxy groups -OCH3 is 1. The number of aromatic carboxylic acids is 1. The molecule has 0 aliphatic carbocycles. The van der Waals surface area contributed by atoms with E-state index in [4.69, 9.17) is 9.84 Å². The van der Waals surface area contributed by atoms with Gasteiger partial charge in [0.1, 0.15) is 16.5 Å². The van der Waals surface area contributed by atoms with Crippen molar-refractivity contribution in [3.05, 3.63) is 51.0 Å². The normalized spacial score (nSPS) is 10.8. The first-order valence-corrected chi connectivity index (χ1v) is 6.47. The van der Waals surface area contributed by atoms with Gasteiger partial charge in [0, 0.05) is 19.6 Å². The van der Waals surface area contributed by atoms with Crippen LogP contribution in [0.1, 0.15) is 25.9 Å². The van der Waals surface area contributed by atoms with Crippen LogP contribution in [-0.4, -0.2) is 23.2 Å². The molecule has 4 nitrogen and oxygen atoms in total. The minimum Gasteiger partial charge on any atom is -0.477 e. The molecule has 1 N–H and O–H groups in total. The fraction of sp³-hybridized carbons (Fsp3) is 0.231. The summed E-state index contributed by atoms with van der Waals surface area (Å²) in [5.74, 6) is -2.43. The van der Waals surface area contributed by atoms with Crippen LogP contribution in [0.5, 0.6) is 0 Å². The Morgan fingerprint density at radius 1 is 1.45 bits per heavy atom. The lowest BCUT2D eigenvalue weighted by atomic mass is 10.1. The molecule has 0 fully saturated rings. The van der Waals surface area contributed by atoms with Crippen LogP contribution < -0.4 is 0 Å². The fourth-order valence-corrected chi connectivity index (χ4v) is 2.63. The number of rotatable bonds is 5. The number of halogens is 2. The first-order chi connectivity index (χ1) is 9.51. The molecule has 0 spiro atoms. The van der Waals surface area contributed by atoms with Gasteiger partial charge in [0.2, 0.25) is 0 Å². The van der Waals surface area contributed by atoms with E-state index < -0.39 is 17.6 Å². The molecule has 1 aromatic heterocycles. The Morgan fingerprint density at radius 3 is 2.80 bits per heavy atom. The molecule has 0 radical (unpaired) electrons. The van der Waals surface area contributed by atoms with Gasteiger partial charge in [0.15, 0.2) is 0 Å². The van der Waals surface area contributed by atoms with Crippen LogP contribution in [0.2, 0.25) is 0 Å². The average Bonchev–Trinajstić information content (AvgIpc) is 2.76. The highest BCUT2D eigenvalue weighted by atomic mass is 32.1. The highest BCUT2D eigenvalue weighted by Crippen LogP contribution is 2.23. The van der Waals surface area contributed by atoms with Crippen LogP contribution in [0.15, 0.2) is 18.2 Å². The van der Waals surface area contributed by atoms with Gasteiger partial charge in [-0.2, -0.15) is 0 Å². The van der Waals surface area contributed by atoms with Crippen LogP contribution >= 0.6 is 11.3 Å². The Labute approximate surface area is 117 Å². The van der Waals surface area contributed by atoms with E-state index in [1.54, 1.807) is 0 Å². The number of hydrogen-bond donors (Lipinski definition) is 1. The summed E-state index contributed by atoms with van der Waals surface area (Å²) in [6.45, 7) is 0.0734. The van der Waals surface area contributed by atoms with Gasteiger partial charge in [-0.25, -0.2) is 18.6 Å². The van der Waals surface area contributed by atoms with Crippen molar-refractivity contribution < 1.29 is 23.4 Å². The molecule has 1 aromatic carbocycles. The molecule has 0 aliphatic heterocycles. The summed E-state index contributed by atoms with van der Waals surface area (Å²) in [5.41, 5.74) is 0.573. The Kier molecular flexibility index (Phi) is 4.41. The van der Waals surface area contributed by atoms with Crippen LogP contribution in [0.25, 0.3) is 0 Å². The topological polar surface area (TPSA) is 59.4 Å². The van der Waals surface area contributed by atoms with E-state index in [9.17, 15) is 13.6 Å². The number of carboxylic acids is 1. The number of thiazole rings is 1. The van der Waals surface area contributed by atoms with E-state index in [2.05, 4.69) is 4.98 Å². The monoisotopic (exact) mass is 299 g/mol. The quantitative estimate of drug-likeness (QED) is 0.922. The zero-order valence-corrected chi connectivity index (χ0v) is 11.3. The number of aromatic nitrogens is 1. The van der Waals surface area contributed by atoms with E-state index >= 15 is 0 Å². The van der Waals surface area contributed by atoms with E-state index in [0.717, 1.165) is 23.5 Å². The predicted octanol–water partition coefficient (Wildman–Crippen LogP) is 2.86. The Morgan fingerprint density at radius 2 is 2.20 bits per heavy atom. The third-order valence-electron chi connectivity index (χ3n) is 2.57. The molecule has 2 rings (SSSR count). The van der Waals surface area contributed by atoms with Crippen molar-refractivity contribution >= 4 is 17.3 Å². The van der Waals surface area contributed by atoms with Crippen LogP contribution in [0, 0.1) is 11.6 Å². The largest absolute Gasteiger partial charge is 0.477 e. The number of hydrogen-bond acceptors (Lipinski definition) is 4. The summed E-state index contributed by atoms with van der Waals surface area (Å²) >= 11 is 0.964. The van der Waals surface area contributed by atoms with E-state index in [0.29, 0.717) is 10.7 Å². The van der Waals surface area contributed by atoms with Crippen molar-refractivity contribution in [3.63, 3.8) is 0 Å². The second-order valence-corrected chi connectivity index (χ2v) is 5.12. The number of nitrogens with zero attached hydrogens (tertiary/aromatic N) is 1. The molecular weight excluding hydrogens is 288 g/mol. The average molecular weight is 299 g/mol. The van der Waals surface area contributed by atoms with Gasteiger partial charge >= 0.3 is 5.97 Å². The summed E-state index contributed by atoms with van der Waals surface area (Å²) in [5, 5.41) is 9.50. The van der Waals surface area contributed by atoms with E-state index in [1.165, 1.54) is 13.2 Å². The van der Waals surface area contributed by atoms with E-state index in [1.807, 2.05) is 0 Å². The summed E-state index contributed by atoms with van der Waals surface area (Å²) in [6, 6.07) is 3.26. The second-order valence-electron chi connectivity index (χ2n) is 4.03. The summed E-state index contributed by atoms with van der Waals surface area (Å²) in [4.78, 5) is 15.3. The van der Waals surface area contributed by atoms with Gasteiger partial charge in [-0.3, -0.25) is 0 Å². The summed E-state index contributed by atoms with van der Waals surface area (Å²) < 4.78 is 31.2. The zero-order valence-electron chi connectivity index (χ0n) is 10.5. The fourth-order valence-electron chi connectivity index (χ4n) is 1.71. The Bertz CT molecular complexity index is 643. The standard InChI is InChI=1S/C13H11F2NO3S/c1-19-6-10-12(13(17)18)20-11(16-10)4-7-2-3-8(14)5-9(7)15/h2-3,5H,4,6H2,1H3,(H,17,18). The maximum absolute atomic E-state index is 13.5. The van der Waals surface area contributed by atoms with Crippen molar-refractivity contribution in [2.75, 3.05) is 7.11 Å². The molecule has 0 unspecified atom stereocenters. The SMILES string of the molecule is COCc1nc(Cc2ccc(F)cc2F)sc1C(=O)O. The minimum absolute atomic E-state index is 0.0734. The van der Waals surface area contributed by atoms with Gasteiger partial charge in [0.05, 0.1) is 17.3 Å². The third-order valence-corrected chi connectivity index (χ3v) is 3.66. The molecule has 20 heavy (non-hydrogen) atoms. The molecule has 1 heterocycles. The lowest BCUT2D eigenvalue weighted by Crippen LogP contribution is -2.00. The molecule has 0 saturated carbocycles. The lowest BCUT2D eigenvalue weighted by molar-refractivity contribution is 0.0697. The van der Waals surface area contributed by atoms with Gasteiger partial charge in [0.25, 0.3) is 0 Å². The molecule has 0 atom stereocenters. The van der Waals surface area contributed by atoms with Crippen molar-refractivity contribution in [2.45, 2.75) is 13.0 Å². The maximum Gasteiger partial charge on any atom is 0.347 e. The number of benzene rings is 1. The molecule has 0 amide bonds. The highest BCUT2D eigenvalue weighted by molar-refractivity contribution is 7.13. The minimum atomic E-state index is -1.10. The zero-order chi connectivity index (χ0) is 14.7. The predicted molar refractivity (Wildman–Crippen MR) is 69.0 cm³/mol. The smallest absolute Gasteiger partial charge is 0.347 e.